The van der Waals surface area contributed by atoms with Crippen LogP contribution in [0.1, 0.15) is 106 Å². The van der Waals surface area contributed by atoms with Gasteiger partial charge >= 0.3 is 0 Å². The molecule has 2 aliphatic rings. The zero-order chi connectivity index (χ0) is 23.2. The van der Waals surface area contributed by atoms with E-state index < -0.39 is 17.2 Å². The fourth-order valence-electron chi connectivity index (χ4n) is 6.36. The lowest BCUT2D eigenvalue weighted by atomic mass is 9.73. The first-order chi connectivity index (χ1) is 16.0. The number of halogens is 2. The summed E-state index contributed by atoms with van der Waals surface area (Å²) in [6, 6.07) is 15.3. The van der Waals surface area contributed by atoms with Crippen LogP contribution in [0.4, 0.5) is 8.78 Å². The van der Waals surface area contributed by atoms with Crippen LogP contribution in [0.5, 0.6) is 0 Å². The average molecular weight is 450 g/mol. The molecular formula is C30H37F2N. The van der Waals surface area contributed by atoms with Crippen molar-refractivity contribution >= 4 is 0 Å². The summed E-state index contributed by atoms with van der Waals surface area (Å²) in [6.45, 7) is 2.37. The third kappa shape index (κ3) is 6.23. The van der Waals surface area contributed by atoms with E-state index in [0.717, 1.165) is 49.0 Å². The van der Waals surface area contributed by atoms with E-state index >= 15 is 0 Å². The number of benzene rings is 2. The highest BCUT2D eigenvalue weighted by molar-refractivity contribution is 5.36. The third-order valence-electron chi connectivity index (χ3n) is 8.50. The van der Waals surface area contributed by atoms with Crippen molar-refractivity contribution in [3.8, 4) is 6.07 Å². The van der Waals surface area contributed by atoms with Crippen molar-refractivity contribution in [2.45, 2.75) is 89.4 Å². The summed E-state index contributed by atoms with van der Waals surface area (Å²) in [6.07, 6.45) is 13.8. The Kier molecular flexibility index (Phi) is 8.18. The van der Waals surface area contributed by atoms with Crippen LogP contribution in [0.25, 0.3) is 0 Å². The van der Waals surface area contributed by atoms with Crippen LogP contribution >= 0.6 is 0 Å². The Balaban J connectivity index is 1.16. The highest BCUT2D eigenvalue weighted by atomic mass is 19.1. The van der Waals surface area contributed by atoms with E-state index in [-0.39, 0.29) is 5.92 Å². The highest BCUT2D eigenvalue weighted by Crippen LogP contribution is 2.41. The maximum atomic E-state index is 14.0. The Labute approximate surface area is 198 Å². The minimum atomic E-state index is -0.719. The molecular weight excluding hydrogens is 412 g/mol. The molecule has 176 valence electrons. The van der Waals surface area contributed by atoms with Gasteiger partial charge in [-0.05, 0) is 85.0 Å². The number of nitriles is 1. The van der Waals surface area contributed by atoms with E-state index in [0.29, 0.717) is 5.92 Å². The minimum Gasteiger partial charge on any atom is -0.205 e. The van der Waals surface area contributed by atoms with Gasteiger partial charge < -0.3 is 0 Å². The summed E-state index contributed by atoms with van der Waals surface area (Å²) in [5.74, 6) is 1.95. The predicted octanol–water partition coefficient (Wildman–Crippen LogP) is 8.89. The van der Waals surface area contributed by atoms with Gasteiger partial charge in [-0.1, -0.05) is 75.8 Å². The standard InChI is InChI=1S/C30H37F2N/c1-21(25-5-3-2-4-6-25)17-24-11-9-22(10-12-24)7-8-23-13-15-26(16-14-23)27-18-29(31)28(20-33)30(32)19-27/h2-6,18-19,21-24,26H,7-17H2,1H3/t21-,22?,23?,24?,26?/m1/s1. The first kappa shape index (κ1) is 23.9. The third-order valence-corrected chi connectivity index (χ3v) is 8.50. The first-order valence-electron chi connectivity index (χ1n) is 13.0. The van der Waals surface area contributed by atoms with Gasteiger partial charge in [-0.25, -0.2) is 8.78 Å². The molecule has 3 heteroatoms. The second-order valence-corrected chi connectivity index (χ2v) is 10.7. The lowest BCUT2D eigenvalue weighted by molar-refractivity contribution is 0.220. The molecule has 2 aliphatic carbocycles. The number of hydrogen-bond acceptors (Lipinski definition) is 1. The van der Waals surface area contributed by atoms with Crippen LogP contribution in [0, 0.1) is 40.7 Å². The molecule has 2 aromatic rings. The molecule has 0 heterocycles. The summed E-state index contributed by atoms with van der Waals surface area (Å²) >= 11 is 0. The Hall–Kier alpha value is -2.21. The average Bonchev–Trinajstić information content (AvgIpc) is 2.84. The van der Waals surface area contributed by atoms with Crippen molar-refractivity contribution < 1.29 is 8.78 Å². The van der Waals surface area contributed by atoms with Crippen molar-refractivity contribution in [3.63, 3.8) is 0 Å². The van der Waals surface area contributed by atoms with Gasteiger partial charge in [-0.3, -0.25) is 0 Å². The molecule has 0 N–H and O–H groups in total. The summed E-state index contributed by atoms with van der Waals surface area (Å²) in [4.78, 5) is 0. The van der Waals surface area contributed by atoms with Crippen molar-refractivity contribution in [3.05, 3.63) is 70.8 Å². The van der Waals surface area contributed by atoms with Crippen LogP contribution in [0.3, 0.4) is 0 Å². The molecule has 1 nitrogen and oxygen atoms in total. The zero-order valence-corrected chi connectivity index (χ0v) is 19.9. The fourth-order valence-corrected chi connectivity index (χ4v) is 6.36. The molecule has 2 saturated carbocycles. The second kappa shape index (κ2) is 11.3. The molecule has 1 atom stereocenters. The van der Waals surface area contributed by atoms with Gasteiger partial charge in [0, 0.05) is 0 Å². The monoisotopic (exact) mass is 449 g/mol. The van der Waals surface area contributed by atoms with Gasteiger partial charge in [0.1, 0.15) is 23.3 Å². The molecule has 0 saturated heterocycles. The molecule has 0 radical (unpaired) electrons. The summed E-state index contributed by atoms with van der Waals surface area (Å²) < 4.78 is 28.0. The van der Waals surface area contributed by atoms with Gasteiger partial charge in [0.25, 0.3) is 0 Å². The van der Waals surface area contributed by atoms with E-state index in [2.05, 4.69) is 37.3 Å². The Morgan fingerprint density at radius 2 is 1.33 bits per heavy atom. The topological polar surface area (TPSA) is 23.8 Å². The lowest BCUT2D eigenvalue weighted by Gasteiger charge is -2.33. The second-order valence-electron chi connectivity index (χ2n) is 10.7. The smallest absolute Gasteiger partial charge is 0.144 e. The molecule has 0 spiro atoms. The van der Waals surface area contributed by atoms with Gasteiger partial charge in [0.05, 0.1) is 0 Å². The Morgan fingerprint density at radius 1 is 0.818 bits per heavy atom. The fraction of sp³-hybridized carbons (Fsp3) is 0.567. The van der Waals surface area contributed by atoms with E-state index in [1.54, 1.807) is 6.07 Å². The summed E-state index contributed by atoms with van der Waals surface area (Å²) in [5.41, 5.74) is 1.74. The van der Waals surface area contributed by atoms with E-state index in [4.69, 9.17) is 5.26 Å². The molecule has 2 fully saturated rings. The summed E-state index contributed by atoms with van der Waals surface area (Å²) in [7, 11) is 0. The molecule has 0 unspecified atom stereocenters. The van der Waals surface area contributed by atoms with Gasteiger partial charge in [-0.2, -0.15) is 5.26 Å². The number of nitrogens with zero attached hydrogens (tertiary/aromatic N) is 1. The lowest BCUT2D eigenvalue weighted by Crippen LogP contribution is -2.18. The molecule has 4 rings (SSSR count). The number of rotatable bonds is 7. The first-order valence-corrected chi connectivity index (χ1v) is 13.0. The van der Waals surface area contributed by atoms with Crippen LogP contribution in [-0.4, -0.2) is 0 Å². The van der Waals surface area contributed by atoms with Gasteiger partial charge in [0.15, 0.2) is 0 Å². The highest BCUT2D eigenvalue weighted by Gasteiger charge is 2.27. The van der Waals surface area contributed by atoms with E-state index in [1.165, 1.54) is 62.6 Å². The SMILES string of the molecule is C[C@H](CC1CCC(CCC2CCC(c3cc(F)c(C#N)c(F)c3)CC2)CC1)c1ccccc1. The van der Waals surface area contributed by atoms with Crippen molar-refractivity contribution in [1.82, 2.24) is 0 Å². The van der Waals surface area contributed by atoms with Crippen LogP contribution < -0.4 is 0 Å². The van der Waals surface area contributed by atoms with Crippen molar-refractivity contribution in [1.29, 1.82) is 5.26 Å². The van der Waals surface area contributed by atoms with E-state index in [1.807, 2.05) is 0 Å². The maximum Gasteiger partial charge on any atom is 0.144 e. The van der Waals surface area contributed by atoms with E-state index in [9.17, 15) is 8.78 Å². The summed E-state index contributed by atoms with van der Waals surface area (Å²) in [5, 5.41) is 8.87. The maximum absolute atomic E-state index is 14.0. The predicted molar refractivity (Wildman–Crippen MR) is 130 cm³/mol. The molecule has 33 heavy (non-hydrogen) atoms. The van der Waals surface area contributed by atoms with Gasteiger partial charge in [0.2, 0.25) is 0 Å². The Bertz CT molecular complexity index is 909. The van der Waals surface area contributed by atoms with Crippen molar-refractivity contribution in [2.24, 2.45) is 17.8 Å². The molecule has 0 aliphatic heterocycles. The molecule has 2 aromatic carbocycles. The van der Waals surface area contributed by atoms with Crippen molar-refractivity contribution in [2.75, 3.05) is 0 Å². The van der Waals surface area contributed by atoms with Crippen LogP contribution in [-0.2, 0) is 0 Å². The molecule has 0 bridgehead atoms. The molecule has 0 aromatic heterocycles. The van der Waals surface area contributed by atoms with Crippen LogP contribution in [0.15, 0.2) is 42.5 Å². The number of hydrogen-bond donors (Lipinski definition) is 0. The minimum absolute atomic E-state index is 0.222. The van der Waals surface area contributed by atoms with Gasteiger partial charge in [-0.15, -0.1) is 0 Å². The largest absolute Gasteiger partial charge is 0.205 e. The normalized spacial score (nSPS) is 26.5. The molecule has 0 amide bonds. The quantitative estimate of drug-likeness (QED) is 0.414. The van der Waals surface area contributed by atoms with Crippen LogP contribution in [0.2, 0.25) is 0 Å². The Morgan fingerprint density at radius 3 is 1.88 bits per heavy atom. The zero-order valence-electron chi connectivity index (χ0n) is 19.9.